The fraction of sp³-hybridized carbons (Fsp3) is 0.500. The van der Waals surface area contributed by atoms with Crippen molar-refractivity contribution in [3.8, 4) is 0 Å². The second-order valence-corrected chi connectivity index (χ2v) is 7.21. The Bertz CT molecular complexity index is 669. The van der Waals surface area contributed by atoms with Crippen molar-refractivity contribution in [2.75, 3.05) is 0 Å². The fourth-order valence-electron chi connectivity index (χ4n) is 2.16. The third kappa shape index (κ3) is 9.16. The Morgan fingerprint density at radius 3 is 2.29 bits per heavy atom. The molecule has 8 heteroatoms. The number of carbonyl (C=O) groups is 4. The van der Waals surface area contributed by atoms with E-state index in [0.717, 1.165) is 5.56 Å². The summed E-state index contributed by atoms with van der Waals surface area (Å²) in [6.45, 7) is 6.78. The van der Waals surface area contributed by atoms with Crippen LogP contribution in [0.5, 0.6) is 0 Å². The van der Waals surface area contributed by atoms with Gasteiger partial charge in [0.05, 0.1) is 12.5 Å². The number of alkyl carbamates (subject to hydrolysis) is 1. The van der Waals surface area contributed by atoms with E-state index in [4.69, 9.17) is 9.47 Å². The van der Waals surface area contributed by atoms with Crippen molar-refractivity contribution in [2.24, 2.45) is 0 Å². The molecule has 0 aromatic heterocycles. The number of hydrogen-bond donors (Lipinski definition) is 2. The van der Waals surface area contributed by atoms with E-state index in [1.165, 1.54) is 0 Å². The van der Waals surface area contributed by atoms with Gasteiger partial charge in [0.25, 0.3) is 0 Å². The Morgan fingerprint density at radius 2 is 1.75 bits per heavy atom. The molecule has 0 radical (unpaired) electrons. The molecule has 0 aliphatic heterocycles. The molecule has 154 valence electrons. The molecule has 2 atom stereocenters. The second kappa shape index (κ2) is 11.1. The van der Waals surface area contributed by atoms with Gasteiger partial charge in [-0.15, -0.1) is 0 Å². The molecule has 0 heterocycles. The zero-order chi connectivity index (χ0) is 21.2. The van der Waals surface area contributed by atoms with Gasteiger partial charge in [0.15, 0.2) is 0 Å². The first-order valence-electron chi connectivity index (χ1n) is 9.09. The average molecular weight is 392 g/mol. The van der Waals surface area contributed by atoms with E-state index in [1.807, 2.05) is 6.07 Å². The van der Waals surface area contributed by atoms with Crippen LogP contribution in [0.3, 0.4) is 0 Å². The monoisotopic (exact) mass is 392 g/mol. The van der Waals surface area contributed by atoms with Crippen LogP contribution in [-0.2, 0) is 30.5 Å². The zero-order valence-corrected chi connectivity index (χ0v) is 16.7. The maximum Gasteiger partial charge on any atom is 0.408 e. The molecule has 0 aliphatic carbocycles. The van der Waals surface area contributed by atoms with Crippen molar-refractivity contribution < 1.29 is 28.7 Å². The predicted molar refractivity (Wildman–Crippen MR) is 102 cm³/mol. The molecule has 28 heavy (non-hydrogen) atoms. The van der Waals surface area contributed by atoms with Crippen LogP contribution in [0.2, 0.25) is 0 Å². The average Bonchev–Trinajstić information content (AvgIpc) is 2.62. The lowest BCUT2D eigenvalue weighted by Gasteiger charge is -2.23. The molecule has 0 bridgehead atoms. The minimum Gasteiger partial charge on any atom is -0.459 e. The summed E-state index contributed by atoms with van der Waals surface area (Å²) < 4.78 is 10.4. The van der Waals surface area contributed by atoms with Gasteiger partial charge in [0.1, 0.15) is 24.5 Å². The van der Waals surface area contributed by atoms with Crippen LogP contribution >= 0.6 is 0 Å². The molecule has 0 unspecified atom stereocenters. The van der Waals surface area contributed by atoms with Crippen LogP contribution < -0.4 is 10.6 Å². The van der Waals surface area contributed by atoms with Gasteiger partial charge in [0.2, 0.25) is 5.91 Å². The van der Waals surface area contributed by atoms with Crippen LogP contribution in [0, 0.1) is 0 Å². The van der Waals surface area contributed by atoms with E-state index in [0.29, 0.717) is 12.7 Å². The molecule has 1 aromatic rings. The third-order valence-electron chi connectivity index (χ3n) is 3.54. The number of ether oxygens (including phenoxy) is 2. The van der Waals surface area contributed by atoms with Gasteiger partial charge < -0.3 is 24.9 Å². The maximum absolute atomic E-state index is 12.4. The molecule has 0 aliphatic rings. The highest BCUT2D eigenvalue weighted by Gasteiger charge is 2.28. The van der Waals surface area contributed by atoms with E-state index < -0.39 is 35.7 Å². The maximum atomic E-state index is 12.4. The molecule has 1 rings (SSSR count). The molecule has 2 N–H and O–H groups in total. The van der Waals surface area contributed by atoms with Gasteiger partial charge in [-0.25, -0.2) is 9.59 Å². The molecule has 2 amide bonds. The van der Waals surface area contributed by atoms with Gasteiger partial charge in [0, 0.05) is 0 Å². The van der Waals surface area contributed by atoms with Crippen LogP contribution in [0.25, 0.3) is 0 Å². The summed E-state index contributed by atoms with van der Waals surface area (Å²) in [5.41, 5.74) is -0.00123. The lowest BCUT2D eigenvalue weighted by atomic mass is 10.1. The Labute approximate surface area is 165 Å². The summed E-state index contributed by atoms with van der Waals surface area (Å²) in [5.74, 6) is -1.33. The van der Waals surface area contributed by atoms with E-state index in [2.05, 4.69) is 10.6 Å². The lowest BCUT2D eigenvalue weighted by Crippen LogP contribution is -2.48. The summed E-state index contributed by atoms with van der Waals surface area (Å²) in [7, 11) is 0. The van der Waals surface area contributed by atoms with Gasteiger partial charge >= 0.3 is 12.1 Å². The van der Waals surface area contributed by atoms with Gasteiger partial charge in [-0.05, 0) is 32.8 Å². The quantitative estimate of drug-likeness (QED) is 0.492. The number of nitrogens with one attached hydrogen (secondary N) is 2. The van der Waals surface area contributed by atoms with Crippen LogP contribution in [0.4, 0.5) is 4.79 Å². The third-order valence-corrected chi connectivity index (χ3v) is 3.54. The van der Waals surface area contributed by atoms with Gasteiger partial charge in [-0.1, -0.05) is 37.3 Å². The minimum absolute atomic E-state index is 0.000284. The summed E-state index contributed by atoms with van der Waals surface area (Å²) in [6.07, 6.45) is -0.193. The highest BCUT2D eigenvalue weighted by Crippen LogP contribution is 2.09. The topological polar surface area (TPSA) is 111 Å². The summed E-state index contributed by atoms with van der Waals surface area (Å²) in [5, 5.41) is 4.86. The largest absolute Gasteiger partial charge is 0.459 e. The Balaban J connectivity index is 2.77. The number of esters is 1. The van der Waals surface area contributed by atoms with Crippen molar-refractivity contribution in [3.63, 3.8) is 0 Å². The van der Waals surface area contributed by atoms with E-state index >= 15 is 0 Å². The van der Waals surface area contributed by atoms with Gasteiger partial charge in [-0.2, -0.15) is 0 Å². The molecule has 1 aromatic carbocycles. The highest BCUT2D eigenvalue weighted by atomic mass is 16.6. The second-order valence-electron chi connectivity index (χ2n) is 7.21. The first-order valence-corrected chi connectivity index (χ1v) is 9.09. The number of benzene rings is 1. The molecular formula is C20H28N2O6. The number of carbonyl (C=O) groups excluding carboxylic acids is 4. The van der Waals surface area contributed by atoms with Crippen LogP contribution in [0.1, 0.15) is 46.1 Å². The Hall–Kier alpha value is -2.90. The highest BCUT2D eigenvalue weighted by molar-refractivity contribution is 5.89. The SMILES string of the molecule is CC[C@H](C=O)NC(=O)C[C@H](NC(=O)OC(C)(C)C)C(=O)OCc1ccccc1. The van der Waals surface area contributed by atoms with E-state index in [9.17, 15) is 19.2 Å². The van der Waals surface area contributed by atoms with Crippen molar-refractivity contribution >= 4 is 24.3 Å². The van der Waals surface area contributed by atoms with Crippen LogP contribution in [0.15, 0.2) is 30.3 Å². The van der Waals surface area contributed by atoms with Gasteiger partial charge in [-0.3, -0.25) is 4.79 Å². The molecule has 0 fully saturated rings. The van der Waals surface area contributed by atoms with E-state index in [-0.39, 0.29) is 13.0 Å². The van der Waals surface area contributed by atoms with Crippen molar-refractivity contribution in [2.45, 2.75) is 64.8 Å². The number of rotatable bonds is 9. The molecule has 8 nitrogen and oxygen atoms in total. The van der Waals surface area contributed by atoms with Crippen LogP contribution in [-0.4, -0.2) is 41.9 Å². The standard InChI is InChI=1S/C20H28N2O6/c1-5-15(12-23)21-17(24)11-16(22-19(26)28-20(2,3)4)18(25)27-13-14-9-7-6-8-10-14/h6-10,12,15-16H,5,11,13H2,1-4H3,(H,21,24)(H,22,26)/t15-,16+/m1/s1. The smallest absolute Gasteiger partial charge is 0.408 e. The molecule has 0 spiro atoms. The van der Waals surface area contributed by atoms with Crippen molar-refractivity contribution in [1.29, 1.82) is 0 Å². The Morgan fingerprint density at radius 1 is 1.11 bits per heavy atom. The first kappa shape index (κ1) is 23.1. The van der Waals surface area contributed by atoms with Crippen molar-refractivity contribution in [3.05, 3.63) is 35.9 Å². The predicted octanol–water partition coefficient (Wildman–Crippen LogP) is 2.11. The Kier molecular flexibility index (Phi) is 9.14. The minimum atomic E-state index is -1.25. The molecule has 0 saturated carbocycles. The number of hydrogen-bond acceptors (Lipinski definition) is 6. The summed E-state index contributed by atoms with van der Waals surface area (Å²) in [4.78, 5) is 47.5. The molecule has 0 saturated heterocycles. The first-order chi connectivity index (χ1) is 13.1. The fourth-order valence-corrected chi connectivity index (χ4v) is 2.16. The lowest BCUT2D eigenvalue weighted by molar-refractivity contribution is -0.149. The zero-order valence-electron chi connectivity index (χ0n) is 16.7. The summed E-state index contributed by atoms with van der Waals surface area (Å²) in [6, 6.07) is 7.10. The van der Waals surface area contributed by atoms with Crippen molar-refractivity contribution in [1.82, 2.24) is 10.6 Å². The van der Waals surface area contributed by atoms with E-state index in [1.54, 1.807) is 52.0 Å². The normalized spacial score (nSPS) is 13.0. The number of aldehydes is 1. The summed E-state index contributed by atoms with van der Waals surface area (Å²) >= 11 is 0. The number of amides is 2. The molecular weight excluding hydrogens is 364 g/mol.